The van der Waals surface area contributed by atoms with E-state index in [0.29, 0.717) is 50.3 Å². The Morgan fingerprint density at radius 2 is 1.57 bits per heavy atom. The van der Waals surface area contributed by atoms with Crippen LogP contribution in [0.1, 0.15) is 22.3 Å². The van der Waals surface area contributed by atoms with Crippen molar-refractivity contribution < 1.29 is 23.1 Å². The predicted molar refractivity (Wildman–Crippen MR) is 98.0 cm³/mol. The maximum absolute atomic E-state index is 13.3. The molecule has 7 heteroatoms. The van der Waals surface area contributed by atoms with Gasteiger partial charge in [-0.2, -0.15) is 0 Å². The molecule has 2 aliphatic heterocycles. The van der Waals surface area contributed by atoms with E-state index >= 15 is 0 Å². The number of carbonyl (C=O) groups is 2. The highest BCUT2D eigenvalue weighted by Crippen LogP contribution is 2.30. The van der Waals surface area contributed by atoms with Crippen molar-refractivity contribution in [2.24, 2.45) is 0 Å². The molecule has 2 amide bonds. The molecule has 0 N–H and O–H groups in total. The molecule has 0 saturated carbocycles. The van der Waals surface area contributed by atoms with Gasteiger partial charge in [0.1, 0.15) is 17.4 Å². The fraction of sp³-hybridized carbons (Fsp3) is 0.333. The minimum Gasteiger partial charge on any atom is -0.480 e. The SMILES string of the molecule is O=C(c1ccc(F)cc1)N1CCCN(C(=O)C2Cc3ccc(F)cc3O2)CC1. The molecule has 28 heavy (non-hydrogen) atoms. The van der Waals surface area contributed by atoms with Gasteiger partial charge >= 0.3 is 0 Å². The van der Waals surface area contributed by atoms with Crippen LogP contribution in [0, 0.1) is 11.6 Å². The van der Waals surface area contributed by atoms with Gasteiger partial charge in [0.2, 0.25) is 0 Å². The third-order valence-corrected chi connectivity index (χ3v) is 5.17. The van der Waals surface area contributed by atoms with Crippen LogP contribution in [0.4, 0.5) is 8.78 Å². The minimum absolute atomic E-state index is 0.146. The molecular formula is C21H20F2N2O3. The van der Waals surface area contributed by atoms with E-state index in [4.69, 9.17) is 4.74 Å². The van der Waals surface area contributed by atoms with Crippen LogP contribution < -0.4 is 4.74 Å². The van der Waals surface area contributed by atoms with E-state index in [-0.39, 0.29) is 17.6 Å². The van der Waals surface area contributed by atoms with Gasteiger partial charge in [0.15, 0.2) is 6.10 Å². The van der Waals surface area contributed by atoms with E-state index in [1.54, 1.807) is 15.9 Å². The molecule has 0 spiro atoms. The summed E-state index contributed by atoms with van der Waals surface area (Å²) in [6.45, 7) is 1.85. The Balaban J connectivity index is 1.38. The molecule has 0 bridgehead atoms. The van der Waals surface area contributed by atoms with Crippen molar-refractivity contribution in [3.8, 4) is 5.75 Å². The molecule has 4 rings (SSSR count). The fourth-order valence-electron chi connectivity index (χ4n) is 3.66. The summed E-state index contributed by atoms with van der Waals surface area (Å²) < 4.78 is 32.1. The van der Waals surface area contributed by atoms with Gasteiger partial charge in [-0.15, -0.1) is 0 Å². The Bertz CT molecular complexity index is 901. The molecule has 5 nitrogen and oxygen atoms in total. The van der Waals surface area contributed by atoms with E-state index in [1.807, 2.05) is 0 Å². The largest absolute Gasteiger partial charge is 0.480 e. The van der Waals surface area contributed by atoms with Crippen LogP contribution in [-0.4, -0.2) is 53.9 Å². The van der Waals surface area contributed by atoms with Gasteiger partial charge in [0.25, 0.3) is 11.8 Å². The zero-order chi connectivity index (χ0) is 19.7. The van der Waals surface area contributed by atoms with E-state index < -0.39 is 11.9 Å². The molecule has 1 atom stereocenters. The minimum atomic E-state index is -0.656. The van der Waals surface area contributed by atoms with Gasteiger partial charge < -0.3 is 14.5 Å². The molecule has 1 fully saturated rings. The second kappa shape index (κ2) is 7.58. The first-order valence-corrected chi connectivity index (χ1v) is 9.30. The second-order valence-electron chi connectivity index (χ2n) is 7.04. The zero-order valence-electron chi connectivity index (χ0n) is 15.2. The summed E-state index contributed by atoms with van der Waals surface area (Å²) in [4.78, 5) is 28.8. The summed E-state index contributed by atoms with van der Waals surface area (Å²) in [6, 6.07) is 9.76. The van der Waals surface area contributed by atoms with Crippen LogP contribution in [0.15, 0.2) is 42.5 Å². The second-order valence-corrected chi connectivity index (χ2v) is 7.04. The standard InChI is InChI=1S/C21H20F2N2O3/c22-16-5-2-14(3-6-16)20(26)24-8-1-9-25(11-10-24)21(27)19-12-15-4-7-17(23)13-18(15)28-19/h2-7,13,19H,1,8-12H2. The highest BCUT2D eigenvalue weighted by molar-refractivity contribution is 5.94. The molecule has 2 aromatic rings. The highest BCUT2D eigenvalue weighted by Gasteiger charge is 2.33. The number of nitrogens with zero attached hydrogens (tertiary/aromatic N) is 2. The number of benzene rings is 2. The van der Waals surface area contributed by atoms with Crippen molar-refractivity contribution in [1.82, 2.24) is 9.80 Å². The summed E-state index contributed by atoms with van der Waals surface area (Å²) in [5, 5.41) is 0. The quantitative estimate of drug-likeness (QED) is 0.797. The molecule has 2 aliphatic rings. The molecule has 0 radical (unpaired) electrons. The van der Waals surface area contributed by atoms with E-state index in [0.717, 1.165) is 5.56 Å². The summed E-state index contributed by atoms with van der Waals surface area (Å²) in [6.07, 6.45) is 0.409. The Morgan fingerprint density at radius 3 is 2.36 bits per heavy atom. The summed E-state index contributed by atoms with van der Waals surface area (Å²) in [7, 11) is 0. The first-order valence-electron chi connectivity index (χ1n) is 9.30. The molecular weight excluding hydrogens is 366 g/mol. The van der Waals surface area contributed by atoms with Crippen molar-refractivity contribution in [1.29, 1.82) is 0 Å². The summed E-state index contributed by atoms with van der Waals surface area (Å²) in [5.41, 5.74) is 1.25. The first-order chi connectivity index (χ1) is 13.5. The number of rotatable bonds is 2. The average Bonchev–Trinajstić information content (AvgIpc) is 2.95. The average molecular weight is 386 g/mol. The lowest BCUT2D eigenvalue weighted by Gasteiger charge is -2.24. The Labute approximate surface area is 161 Å². The maximum atomic E-state index is 13.3. The van der Waals surface area contributed by atoms with Gasteiger partial charge in [-0.05, 0) is 42.3 Å². The zero-order valence-corrected chi connectivity index (χ0v) is 15.2. The van der Waals surface area contributed by atoms with Crippen molar-refractivity contribution in [3.05, 3.63) is 65.2 Å². The number of halogens is 2. The lowest BCUT2D eigenvalue weighted by atomic mass is 10.1. The molecule has 1 unspecified atom stereocenters. The number of amides is 2. The highest BCUT2D eigenvalue weighted by atomic mass is 19.1. The van der Waals surface area contributed by atoms with Crippen LogP contribution in [0.3, 0.4) is 0 Å². The van der Waals surface area contributed by atoms with Gasteiger partial charge in [-0.1, -0.05) is 6.07 Å². The van der Waals surface area contributed by atoms with Crippen LogP contribution in [-0.2, 0) is 11.2 Å². The summed E-state index contributed by atoms with van der Waals surface area (Å²) >= 11 is 0. The Morgan fingerprint density at radius 1 is 0.893 bits per heavy atom. The van der Waals surface area contributed by atoms with Crippen LogP contribution >= 0.6 is 0 Å². The summed E-state index contributed by atoms with van der Waals surface area (Å²) in [5.74, 6) is -0.679. The van der Waals surface area contributed by atoms with Gasteiger partial charge in [0.05, 0.1) is 0 Å². The number of hydrogen-bond donors (Lipinski definition) is 0. The van der Waals surface area contributed by atoms with Gasteiger partial charge in [-0.25, -0.2) is 8.78 Å². The lowest BCUT2D eigenvalue weighted by molar-refractivity contribution is -0.137. The molecule has 2 aromatic carbocycles. The molecule has 146 valence electrons. The number of carbonyl (C=O) groups excluding carboxylic acids is 2. The maximum Gasteiger partial charge on any atom is 0.264 e. The number of ether oxygens (including phenoxy) is 1. The monoisotopic (exact) mass is 386 g/mol. The van der Waals surface area contributed by atoms with Crippen molar-refractivity contribution in [2.75, 3.05) is 26.2 Å². The van der Waals surface area contributed by atoms with Crippen LogP contribution in [0.25, 0.3) is 0 Å². The van der Waals surface area contributed by atoms with E-state index in [9.17, 15) is 18.4 Å². The Hall–Kier alpha value is -2.96. The van der Waals surface area contributed by atoms with Crippen LogP contribution in [0.5, 0.6) is 5.75 Å². The molecule has 1 saturated heterocycles. The van der Waals surface area contributed by atoms with Crippen molar-refractivity contribution in [3.63, 3.8) is 0 Å². The van der Waals surface area contributed by atoms with Gasteiger partial charge in [0, 0.05) is 44.2 Å². The normalized spacial score (nSPS) is 19.0. The third kappa shape index (κ3) is 3.69. The molecule has 2 heterocycles. The van der Waals surface area contributed by atoms with E-state index in [1.165, 1.54) is 36.4 Å². The Kier molecular flexibility index (Phi) is 4.98. The molecule has 0 aliphatic carbocycles. The van der Waals surface area contributed by atoms with Crippen molar-refractivity contribution >= 4 is 11.8 Å². The van der Waals surface area contributed by atoms with E-state index in [2.05, 4.69) is 0 Å². The van der Waals surface area contributed by atoms with Gasteiger partial charge in [-0.3, -0.25) is 9.59 Å². The lowest BCUT2D eigenvalue weighted by Crippen LogP contribution is -2.43. The first kappa shape index (κ1) is 18.4. The topological polar surface area (TPSA) is 49.9 Å². The molecule has 0 aromatic heterocycles. The number of fused-ring (bicyclic) bond motifs is 1. The number of hydrogen-bond acceptors (Lipinski definition) is 3. The fourth-order valence-corrected chi connectivity index (χ4v) is 3.66. The van der Waals surface area contributed by atoms with Crippen molar-refractivity contribution in [2.45, 2.75) is 18.9 Å². The predicted octanol–water partition coefficient (Wildman–Crippen LogP) is 2.64. The third-order valence-electron chi connectivity index (χ3n) is 5.17. The van der Waals surface area contributed by atoms with Crippen LogP contribution in [0.2, 0.25) is 0 Å². The smallest absolute Gasteiger partial charge is 0.264 e.